The Kier molecular flexibility index (Phi) is 7.79. The predicted octanol–water partition coefficient (Wildman–Crippen LogP) is 5.09. The number of hydrogen-bond acceptors (Lipinski definition) is 5. The fourth-order valence-corrected chi connectivity index (χ4v) is 3.06. The molecule has 8 heteroatoms. The molecule has 0 aliphatic carbocycles. The van der Waals surface area contributed by atoms with Crippen LogP contribution in [0.15, 0.2) is 65.8 Å². The van der Waals surface area contributed by atoms with Crippen molar-refractivity contribution in [2.45, 2.75) is 13.5 Å². The van der Waals surface area contributed by atoms with Gasteiger partial charge in [0.2, 0.25) is 0 Å². The largest absolute Gasteiger partial charge is 0.490 e. The number of ether oxygens (including phenoxy) is 2. The highest BCUT2D eigenvalue weighted by atomic mass is 35.5. The molecule has 0 aliphatic rings. The Morgan fingerprint density at radius 3 is 2.66 bits per heavy atom. The summed E-state index contributed by atoms with van der Waals surface area (Å²) < 4.78 is 25.5. The summed E-state index contributed by atoms with van der Waals surface area (Å²) in [4.78, 5) is 12.1. The molecule has 1 N–H and O–H groups in total. The SMILES string of the molecule is CCOc1cc(/C=N\NC(=O)c2ccc(C#N)cc2F)cc(Cl)c1OCc1ccccc1. The van der Waals surface area contributed by atoms with Gasteiger partial charge >= 0.3 is 0 Å². The van der Waals surface area contributed by atoms with E-state index in [4.69, 9.17) is 26.3 Å². The summed E-state index contributed by atoms with van der Waals surface area (Å²) in [5, 5.41) is 13.0. The van der Waals surface area contributed by atoms with Crippen LogP contribution in [0.4, 0.5) is 4.39 Å². The van der Waals surface area contributed by atoms with Crippen LogP contribution in [0.2, 0.25) is 5.02 Å². The first-order valence-electron chi connectivity index (χ1n) is 9.68. The molecule has 3 aromatic rings. The van der Waals surface area contributed by atoms with Crippen molar-refractivity contribution in [2.24, 2.45) is 5.10 Å². The van der Waals surface area contributed by atoms with Crippen molar-refractivity contribution < 1.29 is 18.7 Å². The molecule has 3 rings (SSSR count). The Hall–Kier alpha value is -3.89. The third-order valence-corrected chi connectivity index (χ3v) is 4.56. The van der Waals surface area contributed by atoms with Gasteiger partial charge in [-0.2, -0.15) is 10.4 Å². The van der Waals surface area contributed by atoms with Crippen molar-refractivity contribution in [1.29, 1.82) is 5.26 Å². The molecule has 0 bridgehead atoms. The van der Waals surface area contributed by atoms with Gasteiger partial charge in [-0.15, -0.1) is 0 Å². The molecule has 6 nitrogen and oxygen atoms in total. The van der Waals surface area contributed by atoms with E-state index in [1.165, 1.54) is 18.3 Å². The number of amides is 1. The lowest BCUT2D eigenvalue weighted by Crippen LogP contribution is -2.19. The molecule has 3 aromatic carbocycles. The fourth-order valence-electron chi connectivity index (χ4n) is 2.79. The second-order valence-electron chi connectivity index (χ2n) is 6.54. The number of halogens is 2. The Bertz CT molecular complexity index is 1180. The number of nitrogens with zero attached hydrogens (tertiary/aromatic N) is 2. The zero-order valence-corrected chi connectivity index (χ0v) is 17.9. The molecular weight excluding hydrogens is 433 g/mol. The Balaban J connectivity index is 1.73. The average Bonchev–Trinajstić information content (AvgIpc) is 2.79. The standard InChI is InChI=1S/C24H19ClFN3O3/c1-2-31-22-12-18(10-20(25)23(22)32-15-16-6-4-3-5-7-16)14-28-29-24(30)19-9-8-17(13-27)11-21(19)26/h3-12,14H,2,15H2,1H3,(H,29,30)/b28-14-. The zero-order valence-electron chi connectivity index (χ0n) is 17.1. The third kappa shape index (κ3) is 5.84. The van der Waals surface area contributed by atoms with Crippen molar-refractivity contribution in [3.8, 4) is 17.6 Å². The van der Waals surface area contributed by atoms with E-state index in [2.05, 4.69) is 10.5 Å². The van der Waals surface area contributed by atoms with Crippen LogP contribution in [-0.2, 0) is 6.61 Å². The number of nitrogens with one attached hydrogen (secondary N) is 1. The highest BCUT2D eigenvalue weighted by molar-refractivity contribution is 6.32. The monoisotopic (exact) mass is 451 g/mol. The van der Waals surface area contributed by atoms with E-state index < -0.39 is 11.7 Å². The summed E-state index contributed by atoms with van der Waals surface area (Å²) in [5.41, 5.74) is 3.68. The quantitative estimate of drug-likeness (QED) is 0.382. The van der Waals surface area contributed by atoms with E-state index in [1.54, 1.807) is 18.2 Å². The smallest absolute Gasteiger partial charge is 0.274 e. The molecule has 0 heterocycles. The Morgan fingerprint density at radius 2 is 1.97 bits per heavy atom. The van der Waals surface area contributed by atoms with E-state index in [-0.39, 0.29) is 11.1 Å². The molecule has 162 valence electrons. The summed E-state index contributed by atoms with van der Waals surface area (Å²) in [6.45, 7) is 2.55. The normalized spacial score (nSPS) is 10.6. The minimum atomic E-state index is -0.807. The number of nitriles is 1. The Morgan fingerprint density at radius 1 is 1.19 bits per heavy atom. The minimum Gasteiger partial charge on any atom is -0.490 e. The Labute approximate surface area is 189 Å². The highest BCUT2D eigenvalue weighted by Gasteiger charge is 2.14. The lowest BCUT2D eigenvalue weighted by Gasteiger charge is -2.14. The molecule has 0 aliphatic heterocycles. The lowest BCUT2D eigenvalue weighted by molar-refractivity contribution is 0.0951. The number of hydrogen-bond donors (Lipinski definition) is 1. The van der Waals surface area contributed by atoms with Crippen LogP contribution in [0.3, 0.4) is 0 Å². The second kappa shape index (κ2) is 10.9. The van der Waals surface area contributed by atoms with Crippen molar-refractivity contribution in [2.75, 3.05) is 6.61 Å². The maximum absolute atomic E-state index is 14.0. The average molecular weight is 452 g/mol. The first-order valence-corrected chi connectivity index (χ1v) is 10.1. The van der Waals surface area contributed by atoms with E-state index in [0.717, 1.165) is 11.6 Å². The maximum Gasteiger partial charge on any atom is 0.274 e. The first kappa shape index (κ1) is 22.8. The molecule has 1 amide bonds. The van der Waals surface area contributed by atoms with Gasteiger partial charge in [-0.25, -0.2) is 9.82 Å². The van der Waals surface area contributed by atoms with Gasteiger partial charge in [0, 0.05) is 0 Å². The summed E-state index contributed by atoms with van der Waals surface area (Å²) in [5.74, 6) is -0.722. The van der Waals surface area contributed by atoms with Crippen LogP contribution >= 0.6 is 11.6 Å². The summed E-state index contributed by atoms with van der Waals surface area (Å²) in [6.07, 6.45) is 1.36. The van der Waals surface area contributed by atoms with Gasteiger partial charge in [-0.1, -0.05) is 41.9 Å². The van der Waals surface area contributed by atoms with Crippen LogP contribution in [0.25, 0.3) is 0 Å². The van der Waals surface area contributed by atoms with Gasteiger partial charge in [-0.05, 0) is 48.4 Å². The number of rotatable bonds is 8. The second-order valence-corrected chi connectivity index (χ2v) is 6.95. The summed E-state index contributed by atoms with van der Waals surface area (Å²) in [6, 6.07) is 18.3. The molecule has 0 radical (unpaired) electrons. The van der Waals surface area contributed by atoms with Crippen molar-refractivity contribution in [1.82, 2.24) is 5.43 Å². The summed E-state index contributed by atoms with van der Waals surface area (Å²) >= 11 is 6.39. The van der Waals surface area contributed by atoms with Gasteiger partial charge in [-0.3, -0.25) is 4.79 Å². The van der Waals surface area contributed by atoms with Gasteiger partial charge < -0.3 is 9.47 Å². The number of benzene rings is 3. The van der Waals surface area contributed by atoms with Gasteiger partial charge in [0.05, 0.1) is 35.0 Å². The van der Waals surface area contributed by atoms with Crippen LogP contribution in [0.1, 0.15) is 34.0 Å². The predicted molar refractivity (Wildman–Crippen MR) is 120 cm³/mol. The zero-order chi connectivity index (χ0) is 22.9. The number of hydrazone groups is 1. The molecule has 0 saturated heterocycles. The number of carbonyl (C=O) groups is 1. The van der Waals surface area contributed by atoms with Gasteiger partial charge in [0.25, 0.3) is 5.91 Å². The molecule has 32 heavy (non-hydrogen) atoms. The maximum atomic E-state index is 14.0. The first-order chi connectivity index (χ1) is 15.5. The van der Waals surface area contributed by atoms with Gasteiger partial charge in [0.1, 0.15) is 12.4 Å². The van der Waals surface area contributed by atoms with Crippen LogP contribution in [0.5, 0.6) is 11.5 Å². The highest BCUT2D eigenvalue weighted by Crippen LogP contribution is 2.37. The molecule has 0 aromatic heterocycles. The molecule has 0 unspecified atom stereocenters. The number of carbonyl (C=O) groups excluding carboxylic acids is 1. The molecule has 0 saturated carbocycles. The lowest BCUT2D eigenvalue weighted by atomic mass is 10.1. The van der Waals surface area contributed by atoms with Crippen molar-refractivity contribution in [3.05, 3.63) is 93.8 Å². The van der Waals surface area contributed by atoms with Crippen LogP contribution in [-0.4, -0.2) is 18.7 Å². The van der Waals surface area contributed by atoms with Crippen molar-refractivity contribution >= 4 is 23.7 Å². The molecule has 0 fully saturated rings. The van der Waals surface area contributed by atoms with Crippen LogP contribution < -0.4 is 14.9 Å². The molecular formula is C24H19ClFN3O3. The van der Waals surface area contributed by atoms with Gasteiger partial charge in [0.15, 0.2) is 11.5 Å². The van der Waals surface area contributed by atoms with Crippen LogP contribution in [0, 0.1) is 17.1 Å². The van der Waals surface area contributed by atoms with E-state index >= 15 is 0 Å². The summed E-state index contributed by atoms with van der Waals surface area (Å²) in [7, 11) is 0. The molecule has 0 spiro atoms. The fraction of sp³-hybridized carbons (Fsp3) is 0.125. The van der Waals surface area contributed by atoms with E-state index in [1.807, 2.05) is 37.3 Å². The third-order valence-electron chi connectivity index (χ3n) is 4.28. The van der Waals surface area contributed by atoms with E-state index in [0.29, 0.717) is 35.3 Å². The topological polar surface area (TPSA) is 83.7 Å². The molecule has 0 atom stereocenters. The van der Waals surface area contributed by atoms with E-state index in [9.17, 15) is 9.18 Å². The minimum absolute atomic E-state index is 0.121. The van der Waals surface area contributed by atoms with Crippen molar-refractivity contribution in [3.63, 3.8) is 0 Å².